The molecule has 0 aliphatic rings. The summed E-state index contributed by atoms with van der Waals surface area (Å²) in [4.78, 5) is 12.6. The molecule has 332 valence electrons. The van der Waals surface area contributed by atoms with Gasteiger partial charge >= 0.3 is 0 Å². The molecule has 1 unspecified atom stereocenters. The number of hydrogen-bond acceptors (Lipinski definition) is 10. The van der Waals surface area contributed by atoms with Crippen LogP contribution < -0.4 is 14.8 Å². The van der Waals surface area contributed by atoms with Crippen LogP contribution in [0.3, 0.4) is 0 Å². The van der Waals surface area contributed by atoms with Crippen molar-refractivity contribution in [1.82, 2.24) is 9.99 Å². The normalized spacial score (nSPS) is 12.5. The molecular formula is C48H72N3O6PS2. The van der Waals surface area contributed by atoms with Crippen LogP contribution in [0.2, 0.25) is 0 Å². The second-order valence-electron chi connectivity index (χ2n) is 16.1. The minimum atomic E-state index is -1.19. The van der Waals surface area contributed by atoms with Gasteiger partial charge in [-0.25, -0.2) is 4.67 Å². The molecule has 0 aliphatic heterocycles. The van der Waals surface area contributed by atoms with Crippen LogP contribution in [0, 0.1) is 11.3 Å². The van der Waals surface area contributed by atoms with Crippen LogP contribution in [0.1, 0.15) is 129 Å². The molecule has 0 radical (unpaired) electrons. The molecule has 0 fully saturated rings. The average Bonchev–Trinajstić information content (AvgIpc) is 3.25. The van der Waals surface area contributed by atoms with E-state index in [-0.39, 0.29) is 10.7 Å². The third kappa shape index (κ3) is 17.9. The Morgan fingerprint density at radius 2 is 1.27 bits per heavy atom. The number of methoxy groups -OCH3 is 2. The third-order valence-electron chi connectivity index (χ3n) is 10.1. The summed E-state index contributed by atoms with van der Waals surface area (Å²) in [5.74, 6) is 2.84. The van der Waals surface area contributed by atoms with Crippen molar-refractivity contribution in [3.05, 3.63) is 95.6 Å². The minimum absolute atomic E-state index is 0.0258. The maximum atomic E-state index is 12.6. The fourth-order valence-corrected chi connectivity index (χ4v) is 11.3. The number of amides is 1. The zero-order valence-corrected chi connectivity index (χ0v) is 40.1. The predicted octanol–water partition coefficient (Wildman–Crippen LogP) is 12.5. The smallest absolute Gasteiger partial charge is 0.259 e. The van der Waals surface area contributed by atoms with Crippen molar-refractivity contribution in [2.45, 2.75) is 135 Å². The summed E-state index contributed by atoms with van der Waals surface area (Å²) in [6, 6.07) is 29.6. The number of carbonyl (C=O) groups is 1. The van der Waals surface area contributed by atoms with Gasteiger partial charge in [0.2, 0.25) is 5.91 Å². The highest BCUT2D eigenvalue weighted by Crippen LogP contribution is 2.46. The number of nitrogens with one attached hydrogen (secondary N) is 1. The third-order valence-corrected chi connectivity index (χ3v) is 15.7. The molecule has 3 aromatic rings. The lowest BCUT2D eigenvalue weighted by atomic mass is 9.80. The highest BCUT2D eigenvalue weighted by Gasteiger charge is 2.37. The second-order valence-corrected chi connectivity index (χ2v) is 20.7. The summed E-state index contributed by atoms with van der Waals surface area (Å²) in [6.45, 7) is 15.4. The quantitative estimate of drug-likeness (QED) is 0.0282. The van der Waals surface area contributed by atoms with Gasteiger partial charge in [-0.1, -0.05) is 102 Å². The minimum Gasteiger partial charge on any atom is -0.497 e. The van der Waals surface area contributed by atoms with Crippen molar-refractivity contribution in [1.29, 1.82) is 5.26 Å². The van der Waals surface area contributed by atoms with E-state index >= 15 is 0 Å². The number of nitriles is 1. The van der Waals surface area contributed by atoms with Crippen molar-refractivity contribution in [3.63, 3.8) is 0 Å². The number of unbranched alkanes of at least 4 members (excludes halogenated alkanes) is 6. The summed E-state index contributed by atoms with van der Waals surface area (Å²) < 4.78 is 32.4. The highest BCUT2D eigenvalue weighted by molar-refractivity contribution is 8.77. The molecule has 60 heavy (non-hydrogen) atoms. The number of rotatable bonds is 32. The van der Waals surface area contributed by atoms with Gasteiger partial charge < -0.3 is 28.6 Å². The van der Waals surface area contributed by atoms with Gasteiger partial charge in [-0.15, -0.1) is 0 Å². The van der Waals surface area contributed by atoms with Gasteiger partial charge in [-0.2, -0.15) is 5.26 Å². The molecule has 3 rings (SSSR count). The number of ether oxygens (including phenoxy) is 3. The molecular weight excluding hydrogens is 810 g/mol. The molecule has 0 aliphatic carbocycles. The van der Waals surface area contributed by atoms with Gasteiger partial charge in [-0.05, 0) is 115 Å². The Morgan fingerprint density at radius 1 is 0.733 bits per heavy atom. The van der Waals surface area contributed by atoms with Crippen LogP contribution in [0.15, 0.2) is 78.9 Å². The van der Waals surface area contributed by atoms with E-state index in [1.165, 1.54) is 0 Å². The first-order valence-corrected chi connectivity index (χ1v) is 25.2. The Hall–Kier alpha value is -2.81. The molecule has 12 heteroatoms. The zero-order chi connectivity index (χ0) is 43.6. The van der Waals surface area contributed by atoms with E-state index in [9.17, 15) is 4.79 Å². The monoisotopic (exact) mass is 881 g/mol. The molecule has 9 nitrogen and oxygen atoms in total. The van der Waals surface area contributed by atoms with Crippen molar-refractivity contribution >= 4 is 36.0 Å². The molecule has 0 saturated carbocycles. The Labute approximate surface area is 371 Å². The summed E-state index contributed by atoms with van der Waals surface area (Å²) in [6.07, 6.45) is 10.1. The standard InChI is InChI=1S/C48H72N3O6PS2/c1-39(2)51(40(3)4)58(57-37-20-33-49)56-36-18-10-9-16-34-50-46(52)31-32-47(5,6)60-59-38-19-12-11-17-35-55-48(41-21-14-13-15-22-41,42-23-27-44(53-7)28-24-42)43-25-29-45(54-8)30-26-43/h13-15,21-30,39-40H,9-12,16-20,31-32,34-38H2,1-8H3,(H,50,52). The van der Waals surface area contributed by atoms with Crippen LogP contribution in [-0.4, -0.2) is 73.7 Å². The maximum absolute atomic E-state index is 12.6. The molecule has 0 aromatic heterocycles. The number of hydrogen-bond donors (Lipinski definition) is 1. The van der Waals surface area contributed by atoms with Crippen LogP contribution in [0.25, 0.3) is 0 Å². The van der Waals surface area contributed by atoms with Crippen LogP contribution in [0.5, 0.6) is 11.5 Å². The van der Waals surface area contributed by atoms with E-state index in [4.69, 9.17) is 28.5 Å². The van der Waals surface area contributed by atoms with Crippen LogP contribution in [-0.2, 0) is 24.2 Å². The number of benzene rings is 3. The molecule has 0 bridgehead atoms. The van der Waals surface area contributed by atoms with Crippen molar-refractivity contribution in [2.24, 2.45) is 0 Å². The van der Waals surface area contributed by atoms with Gasteiger partial charge in [-0.3, -0.25) is 4.79 Å². The van der Waals surface area contributed by atoms with E-state index in [0.717, 1.165) is 91.7 Å². The number of nitrogens with zero attached hydrogens (tertiary/aromatic N) is 2. The maximum Gasteiger partial charge on any atom is 0.259 e. The van der Waals surface area contributed by atoms with Gasteiger partial charge in [0.05, 0.1) is 39.9 Å². The first-order chi connectivity index (χ1) is 29.0. The Bertz CT molecular complexity index is 1580. The van der Waals surface area contributed by atoms with E-state index < -0.39 is 14.1 Å². The summed E-state index contributed by atoms with van der Waals surface area (Å²) >= 11 is 0. The van der Waals surface area contributed by atoms with Crippen molar-refractivity contribution in [2.75, 3.05) is 46.3 Å². The summed E-state index contributed by atoms with van der Waals surface area (Å²) in [5.41, 5.74) is 2.39. The predicted molar refractivity (Wildman–Crippen MR) is 253 cm³/mol. The Morgan fingerprint density at radius 3 is 1.83 bits per heavy atom. The lowest BCUT2D eigenvalue weighted by Gasteiger charge is -2.36. The van der Waals surface area contributed by atoms with Gasteiger partial charge in [0.15, 0.2) is 0 Å². The van der Waals surface area contributed by atoms with E-state index in [1.807, 2.05) is 51.9 Å². The number of carbonyl (C=O) groups excluding carboxylic acids is 1. The van der Waals surface area contributed by atoms with Gasteiger partial charge in [0.25, 0.3) is 8.53 Å². The molecule has 1 N–H and O–H groups in total. The largest absolute Gasteiger partial charge is 0.497 e. The second kappa shape index (κ2) is 28.7. The van der Waals surface area contributed by atoms with Crippen LogP contribution in [0.4, 0.5) is 0 Å². The first kappa shape index (κ1) is 51.5. The lowest BCUT2D eigenvalue weighted by molar-refractivity contribution is -0.121. The molecule has 0 saturated heterocycles. The molecule has 0 heterocycles. The molecule has 3 aromatic carbocycles. The zero-order valence-electron chi connectivity index (χ0n) is 37.6. The molecule has 1 amide bonds. The SMILES string of the molecule is COc1ccc(C(OCCCCCCSSC(C)(C)CCC(=O)NCCCCCCOP(OCCC#N)N(C(C)C)C(C)C)(c2ccccc2)c2ccc(OC)cc2)cc1. The van der Waals surface area contributed by atoms with Gasteiger partial charge in [0, 0.05) is 42.2 Å². The van der Waals surface area contributed by atoms with E-state index in [0.29, 0.717) is 51.3 Å². The van der Waals surface area contributed by atoms with E-state index in [2.05, 4.69) is 106 Å². The Balaban J connectivity index is 1.32. The lowest BCUT2D eigenvalue weighted by Crippen LogP contribution is -2.33. The average molecular weight is 882 g/mol. The summed E-state index contributed by atoms with van der Waals surface area (Å²) in [7, 11) is 6.01. The first-order valence-electron chi connectivity index (χ1n) is 21.7. The summed E-state index contributed by atoms with van der Waals surface area (Å²) in [5, 5.41) is 12.0. The highest BCUT2D eigenvalue weighted by atomic mass is 33.1. The fourth-order valence-electron chi connectivity index (χ4n) is 6.93. The molecule has 1 atom stereocenters. The Kier molecular flexibility index (Phi) is 24.7. The topological polar surface area (TPSA) is 102 Å². The van der Waals surface area contributed by atoms with Gasteiger partial charge in [0.1, 0.15) is 17.1 Å². The van der Waals surface area contributed by atoms with Crippen LogP contribution >= 0.6 is 30.1 Å². The van der Waals surface area contributed by atoms with Crippen molar-refractivity contribution < 1.29 is 28.1 Å². The van der Waals surface area contributed by atoms with E-state index in [1.54, 1.807) is 14.2 Å². The molecule has 0 spiro atoms. The van der Waals surface area contributed by atoms with Crippen molar-refractivity contribution in [3.8, 4) is 17.6 Å². The fraction of sp³-hybridized carbons (Fsp3) is 0.583.